The number of halogens is 1. The van der Waals surface area contributed by atoms with Gasteiger partial charge in [0.05, 0.1) is 18.3 Å². The van der Waals surface area contributed by atoms with Crippen molar-refractivity contribution in [1.82, 2.24) is 5.32 Å². The number of nitrogens with one attached hydrogen (secondary N) is 1. The van der Waals surface area contributed by atoms with Gasteiger partial charge in [0.15, 0.2) is 6.29 Å². The van der Waals surface area contributed by atoms with Gasteiger partial charge in [0.2, 0.25) is 0 Å². The van der Waals surface area contributed by atoms with Crippen molar-refractivity contribution < 1.29 is 24.5 Å². The molecule has 0 spiro atoms. The van der Waals surface area contributed by atoms with Crippen molar-refractivity contribution in [3.05, 3.63) is 33.3 Å². The largest absolute Gasteiger partial charge is 0.465 e. The van der Waals surface area contributed by atoms with Gasteiger partial charge >= 0.3 is 5.97 Å². The Morgan fingerprint density at radius 1 is 1.30 bits per heavy atom. The molecule has 5 N–H and O–H groups in total. The lowest BCUT2D eigenvalue weighted by atomic mass is 10.0. The van der Waals surface area contributed by atoms with E-state index in [1.165, 1.54) is 7.11 Å². The lowest BCUT2D eigenvalue weighted by molar-refractivity contribution is -0.169. The molecule has 27 heavy (non-hydrogen) atoms. The van der Waals surface area contributed by atoms with Crippen molar-refractivity contribution in [2.75, 3.05) is 7.11 Å². The van der Waals surface area contributed by atoms with E-state index in [-0.39, 0.29) is 0 Å². The average molecular weight is 447 g/mol. The van der Waals surface area contributed by atoms with Gasteiger partial charge in [-0.3, -0.25) is 0 Å². The van der Waals surface area contributed by atoms with Gasteiger partial charge in [-0.15, -0.1) is 0 Å². The van der Waals surface area contributed by atoms with Gasteiger partial charge in [0.25, 0.3) is 0 Å². The second-order valence-electron chi connectivity index (χ2n) is 7.49. The number of carbonyl (C=O) groups excluding carboxylic acids is 1. The number of aliphatic hydroxyl groups excluding tert-OH is 2. The summed E-state index contributed by atoms with van der Waals surface area (Å²) in [5, 5.41) is 23.0. The summed E-state index contributed by atoms with van der Waals surface area (Å²) < 4.78 is 11.1. The monoisotopic (exact) mass is 446 g/mol. The van der Waals surface area contributed by atoms with E-state index in [0.717, 1.165) is 15.6 Å². The lowest BCUT2D eigenvalue weighted by Gasteiger charge is -2.27. The Hall–Kier alpha value is -1.03. The summed E-state index contributed by atoms with van der Waals surface area (Å²) in [6.07, 6.45) is -1.30. The van der Waals surface area contributed by atoms with Crippen LogP contribution in [-0.4, -0.2) is 47.5 Å². The summed E-state index contributed by atoms with van der Waals surface area (Å²) in [5.41, 5.74) is 7.32. The fourth-order valence-electron chi connectivity index (χ4n) is 2.61. The van der Waals surface area contributed by atoms with E-state index in [2.05, 4.69) is 21.2 Å². The second kappa shape index (κ2) is 10.5. The Labute approximate surface area is 169 Å². The van der Waals surface area contributed by atoms with E-state index >= 15 is 0 Å². The summed E-state index contributed by atoms with van der Waals surface area (Å²) in [6, 6.07) is 3.14. The van der Waals surface area contributed by atoms with E-state index in [0.29, 0.717) is 24.9 Å². The standard InChI is InChI=1S/C19H31BrN2O5/c1-11-8-14(20)12(9-13(11)18(25)26-5)10-22-15(17(21)24)6-7-16(23)27-19(2,3)4/h8-9,15-17,22-24H,6-7,10,21H2,1-5H3/t15-,16-,17-/m0/s1. The van der Waals surface area contributed by atoms with E-state index in [9.17, 15) is 15.0 Å². The normalized spacial score (nSPS) is 15.3. The predicted molar refractivity (Wildman–Crippen MR) is 107 cm³/mol. The molecule has 0 amide bonds. The van der Waals surface area contributed by atoms with Crippen molar-refractivity contribution in [3.63, 3.8) is 0 Å². The highest BCUT2D eigenvalue weighted by atomic mass is 79.9. The zero-order valence-electron chi connectivity index (χ0n) is 16.6. The molecule has 0 saturated carbocycles. The average Bonchev–Trinajstić information content (AvgIpc) is 2.53. The van der Waals surface area contributed by atoms with E-state index < -0.39 is 30.1 Å². The highest BCUT2D eigenvalue weighted by molar-refractivity contribution is 9.10. The van der Waals surface area contributed by atoms with E-state index in [4.69, 9.17) is 15.2 Å². The van der Waals surface area contributed by atoms with Crippen LogP contribution in [0.15, 0.2) is 16.6 Å². The Kier molecular flexibility index (Phi) is 9.33. The zero-order valence-corrected chi connectivity index (χ0v) is 18.2. The van der Waals surface area contributed by atoms with Crippen LogP contribution in [0.2, 0.25) is 0 Å². The number of methoxy groups -OCH3 is 1. The van der Waals surface area contributed by atoms with E-state index in [1.54, 1.807) is 6.07 Å². The minimum absolute atomic E-state index is 0.325. The molecule has 1 rings (SSSR count). The molecule has 0 radical (unpaired) electrons. The van der Waals surface area contributed by atoms with Crippen molar-refractivity contribution in [1.29, 1.82) is 0 Å². The zero-order chi connectivity index (χ0) is 20.8. The van der Waals surface area contributed by atoms with Crippen LogP contribution in [0, 0.1) is 6.92 Å². The number of nitrogens with two attached hydrogens (primary N) is 1. The van der Waals surface area contributed by atoms with Crippen molar-refractivity contribution in [3.8, 4) is 0 Å². The van der Waals surface area contributed by atoms with Crippen LogP contribution >= 0.6 is 15.9 Å². The molecular weight excluding hydrogens is 416 g/mol. The molecule has 0 aliphatic rings. The number of rotatable bonds is 9. The number of hydrogen-bond acceptors (Lipinski definition) is 7. The predicted octanol–water partition coefficient (Wildman–Crippen LogP) is 2.19. The lowest BCUT2D eigenvalue weighted by Crippen LogP contribution is -2.45. The fourth-order valence-corrected chi connectivity index (χ4v) is 3.20. The van der Waals surface area contributed by atoms with Crippen LogP contribution in [0.3, 0.4) is 0 Å². The Morgan fingerprint density at radius 2 is 1.93 bits per heavy atom. The van der Waals surface area contributed by atoms with Crippen molar-refractivity contribution in [2.24, 2.45) is 5.73 Å². The Morgan fingerprint density at radius 3 is 2.44 bits per heavy atom. The maximum Gasteiger partial charge on any atom is 0.338 e. The molecule has 0 saturated heterocycles. The van der Waals surface area contributed by atoms with Gasteiger partial charge < -0.3 is 30.7 Å². The third-order valence-electron chi connectivity index (χ3n) is 3.98. The molecule has 0 fully saturated rings. The second-order valence-corrected chi connectivity index (χ2v) is 8.34. The number of carbonyl (C=O) groups is 1. The molecule has 3 atom stereocenters. The van der Waals surface area contributed by atoms with Crippen LogP contribution in [0.1, 0.15) is 55.1 Å². The Balaban J connectivity index is 2.76. The number of aryl methyl sites for hydroxylation is 1. The first-order valence-corrected chi connectivity index (χ1v) is 9.64. The molecule has 1 aromatic rings. The molecule has 0 aliphatic carbocycles. The summed E-state index contributed by atoms with van der Waals surface area (Å²) in [5.74, 6) is -0.404. The van der Waals surface area contributed by atoms with Crippen LogP contribution in [0.25, 0.3) is 0 Å². The topological polar surface area (TPSA) is 114 Å². The molecule has 1 aromatic carbocycles. The Bertz CT molecular complexity index is 631. The highest BCUT2D eigenvalue weighted by Crippen LogP contribution is 2.23. The van der Waals surface area contributed by atoms with Gasteiger partial charge in [-0.25, -0.2) is 4.79 Å². The van der Waals surface area contributed by atoms with E-state index in [1.807, 2.05) is 33.8 Å². The third-order valence-corrected chi connectivity index (χ3v) is 4.72. The van der Waals surface area contributed by atoms with Crippen LogP contribution in [0.5, 0.6) is 0 Å². The van der Waals surface area contributed by atoms with Gasteiger partial charge in [0, 0.05) is 17.1 Å². The molecular formula is C19H31BrN2O5. The number of aliphatic hydroxyl groups is 2. The molecule has 0 bridgehead atoms. The maximum absolute atomic E-state index is 11.9. The first-order valence-electron chi connectivity index (χ1n) is 8.85. The van der Waals surface area contributed by atoms with Crippen molar-refractivity contribution >= 4 is 21.9 Å². The number of ether oxygens (including phenoxy) is 2. The number of esters is 1. The summed E-state index contributed by atoms with van der Waals surface area (Å²) in [7, 11) is 1.34. The molecule has 0 unspecified atom stereocenters. The van der Waals surface area contributed by atoms with Crippen LogP contribution < -0.4 is 11.1 Å². The molecule has 7 nitrogen and oxygen atoms in total. The van der Waals surface area contributed by atoms with Gasteiger partial charge in [-0.2, -0.15) is 0 Å². The summed E-state index contributed by atoms with van der Waals surface area (Å²) >= 11 is 3.49. The molecule has 0 heterocycles. The summed E-state index contributed by atoms with van der Waals surface area (Å²) in [6.45, 7) is 7.78. The van der Waals surface area contributed by atoms with Gasteiger partial charge in [0.1, 0.15) is 6.23 Å². The number of hydrogen-bond donors (Lipinski definition) is 4. The minimum atomic E-state index is -1.10. The smallest absolute Gasteiger partial charge is 0.338 e. The maximum atomic E-state index is 11.9. The SMILES string of the molecule is COC(=O)c1cc(CN[C@@H](CC[C@@H](O)OC(C)(C)C)[C@@H](N)O)c(Br)cc1C. The molecule has 8 heteroatoms. The van der Waals surface area contributed by atoms with Crippen molar-refractivity contribution in [2.45, 2.75) is 71.2 Å². The van der Waals surface area contributed by atoms with Gasteiger partial charge in [-0.1, -0.05) is 15.9 Å². The molecule has 0 aliphatic heterocycles. The first kappa shape index (κ1) is 24.0. The first-order chi connectivity index (χ1) is 12.4. The highest BCUT2D eigenvalue weighted by Gasteiger charge is 2.21. The third kappa shape index (κ3) is 8.25. The quantitative estimate of drug-likeness (QED) is 0.339. The van der Waals surface area contributed by atoms with Crippen LogP contribution in [0.4, 0.5) is 0 Å². The van der Waals surface area contributed by atoms with Gasteiger partial charge in [-0.05, 0) is 63.8 Å². The molecule has 154 valence electrons. The van der Waals surface area contributed by atoms with Crippen LogP contribution in [-0.2, 0) is 16.0 Å². The fraction of sp³-hybridized carbons (Fsp3) is 0.632. The number of benzene rings is 1. The summed E-state index contributed by atoms with van der Waals surface area (Å²) in [4.78, 5) is 11.9. The minimum Gasteiger partial charge on any atom is -0.465 e. The molecule has 0 aromatic heterocycles.